The summed E-state index contributed by atoms with van der Waals surface area (Å²) in [6, 6.07) is 8.64. The fraction of sp³-hybridized carbons (Fsp3) is 0.250. The summed E-state index contributed by atoms with van der Waals surface area (Å²) in [6.07, 6.45) is 0. The first-order valence-corrected chi connectivity index (χ1v) is 6.71. The predicted octanol–water partition coefficient (Wildman–Crippen LogP) is 1.42. The van der Waals surface area contributed by atoms with Crippen molar-refractivity contribution in [2.45, 2.75) is 11.7 Å². The highest BCUT2D eigenvalue weighted by atomic mass is 16.5. The van der Waals surface area contributed by atoms with Crippen LogP contribution in [-0.2, 0) is 5.79 Å². The summed E-state index contributed by atoms with van der Waals surface area (Å²) in [6.45, 7) is -0.0522. The quantitative estimate of drug-likeness (QED) is 0.626. The maximum Gasteiger partial charge on any atom is 0.204 e. The van der Waals surface area contributed by atoms with Crippen LogP contribution in [0.1, 0.15) is 17.0 Å². The average Bonchev–Trinajstić information content (AvgIpc) is 2.47. The third-order valence-corrected chi connectivity index (χ3v) is 3.87. The van der Waals surface area contributed by atoms with Crippen LogP contribution in [0, 0.1) is 0 Å². The smallest absolute Gasteiger partial charge is 0.204 e. The molecular weight excluding hydrogens is 288 g/mol. The van der Waals surface area contributed by atoms with Crippen molar-refractivity contribution >= 4 is 0 Å². The lowest BCUT2D eigenvalue weighted by atomic mass is 9.83. The molecule has 22 heavy (non-hydrogen) atoms. The van der Waals surface area contributed by atoms with E-state index in [1.165, 1.54) is 31.4 Å². The minimum atomic E-state index is -2.23. The summed E-state index contributed by atoms with van der Waals surface area (Å²) in [5.41, 5.74) is 0.473. The van der Waals surface area contributed by atoms with E-state index in [-0.39, 0.29) is 29.4 Å². The van der Waals surface area contributed by atoms with Gasteiger partial charge in [0, 0.05) is 17.7 Å². The molecule has 0 saturated carbocycles. The summed E-state index contributed by atoms with van der Waals surface area (Å²) >= 11 is 0. The Morgan fingerprint density at radius 1 is 1.14 bits per heavy atom. The maximum atomic E-state index is 10.5. The van der Waals surface area contributed by atoms with E-state index in [9.17, 15) is 20.4 Å². The monoisotopic (exact) mass is 304 g/mol. The molecule has 0 aromatic heterocycles. The van der Waals surface area contributed by atoms with Gasteiger partial charge in [0.15, 0.2) is 0 Å². The predicted molar refractivity (Wildman–Crippen MR) is 77.1 cm³/mol. The van der Waals surface area contributed by atoms with E-state index in [1.54, 1.807) is 12.1 Å². The first-order chi connectivity index (χ1) is 10.4. The molecule has 116 valence electrons. The molecule has 2 aromatic carbocycles. The van der Waals surface area contributed by atoms with Crippen molar-refractivity contribution in [3.63, 3.8) is 0 Å². The number of phenols is 2. The van der Waals surface area contributed by atoms with E-state index in [2.05, 4.69) is 0 Å². The zero-order chi connectivity index (χ0) is 15.9. The molecule has 6 heteroatoms. The molecule has 1 atom stereocenters. The third kappa shape index (κ3) is 2.22. The first kappa shape index (κ1) is 14.5. The number of phenolic OH excluding ortho intramolecular Hbond substituents is 2. The largest absolute Gasteiger partial charge is 0.508 e. The van der Waals surface area contributed by atoms with Crippen molar-refractivity contribution in [1.29, 1.82) is 0 Å². The van der Waals surface area contributed by atoms with Crippen LogP contribution in [0.2, 0.25) is 0 Å². The Morgan fingerprint density at radius 3 is 2.59 bits per heavy atom. The van der Waals surface area contributed by atoms with Crippen molar-refractivity contribution in [2.24, 2.45) is 0 Å². The van der Waals surface area contributed by atoms with E-state index >= 15 is 0 Å². The van der Waals surface area contributed by atoms with Crippen LogP contribution in [0.15, 0.2) is 36.4 Å². The number of methoxy groups -OCH3 is 1. The van der Waals surface area contributed by atoms with Gasteiger partial charge in [0.1, 0.15) is 29.6 Å². The number of rotatable bonds is 2. The van der Waals surface area contributed by atoms with Crippen LogP contribution in [0.3, 0.4) is 0 Å². The minimum Gasteiger partial charge on any atom is -0.508 e. The number of hydrogen-bond acceptors (Lipinski definition) is 6. The topological polar surface area (TPSA) is 99.4 Å². The molecule has 0 radical (unpaired) electrons. The van der Waals surface area contributed by atoms with Crippen LogP contribution in [-0.4, -0.2) is 34.1 Å². The highest BCUT2D eigenvalue weighted by molar-refractivity contribution is 5.49. The van der Waals surface area contributed by atoms with E-state index in [4.69, 9.17) is 9.47 Å². The molecule has 1 unspecified atom stereocenters. The minimum absolute atomic E-state index is 0.0275. The standard InChI is InChI=1S/C16H16O6/c1-21-10-3-4-11(14(18)7-10)13-8-22-15-6-9(17)2-5-12(15)16(13,19)20/h2-7,13,17-20H,8H2,1H3. The van der Waals surface area contributed by atoms with E-state index < -0.39 is 11.7 Å². The van der Waals surface area contributed by atoms with Gasteiger partial charge in [-0.3, -0.25) is 0 Å². The van der Waals surface area contributed by atoms with Gasteiger partial charge in [-0.2, -0.15) is 0 Å². The van der Waals surface area contributed by atoms with Crippen LogP contribution >= 0.6 is 0 Å². The van der Waals surface area contributed by atoms with Gasteiger partial charge < -0.3 is 29.9 Å². The molecule has 1 heterocycles. The summed E-state index contributed by atoms with van der Waals surface area (Å²) in [5, 5.41) is 40.6. The molecule has 0 fully saturated rings. The Morgan fingerprint density at radius 2 is 1.91 bits per heavy atom. The number of aromatic hydroxyl groups is 2. The second kappa shape index (κ2) is 5.08. The number of ether oxygens (including phenoxy) is 2. The maximum absolute atomic E-state index is 10.5. The molecule has 1 aliphatic rings. The van der Waals surface area contributed by atoms with Gasteiger partial charge >= 0.3 is 0 Å². The van der Waals surface area contributed by atoms with Crippen LogP contribution < -0.4 is 9.47 Å². The van der Waals surface area contributed by atoms with Crippen molar-refractivity contribution in [2.75, 3.05) is 13.7 Å². The zero-order valence-electron chi connectivity index (χ0n) is 11.9. The number of hydrogen-bond donors (Lipinski definition) is 4. The molecular formula is C16H16O6. The Labute approximate surface area is 126 Å². The number of benzene rings is 2. The van der Waals surface area contributed by atoms with Crippen LogP contribution in [0.4, 0.5) is 0 Å². The Kier molecular flexibility index (Phi) is 3.35. The highest BCUT2D eigenvalue weighted by Gasteiger charge is 2.44. The normalized spacial score (nSPS) is 19.1. The molecule has 3 rings (SSSR count). The molecule has 1 aliphatic heterocycles. The Balaban J connectivity index is 2.05. The Bertz CT molecular complexity index is 710. The van der Waals surface area contributed by atoms with Crippen molar-refractivity contribution < 1.29 is 29.9 Å². The summed E-state index contributed by atoms with van der Waals surface area (Å²) < 4.78 is 10.5. The number of aliphatic hydroxyl groups is 2. The number of fused-ring (bicyclic) bond motifs is 1. The van der Waals surface area contributed by atoms with E-state index in [0.717, 1.165) is 0 Å². The molecule has 0 bridgehead atoms. The summed E-state index contributed by atoms with van der Waals surface area (Å²) in [7, 11) is 1.48. The fourth-order valence-corrected chi connectivity index (χ4v) is 2.66. The molecule has 0 amide bonds. The summed E-state index contributed by atoms with van der Waals surface area (Å²) in [5.74, 6) is -2.58. The van der Waals surface area contributed by atoms with Gasteiger partial charge in [-0.25, -0.2) is 0 Å². The van der Waals surface area contributed by atoms with Crippen LogP contribution in [0.25, 0.3) is 0 Å². The van der Waals surface area contributed by atoms with E-state index in [1.807, 2.05) is 0 Å². The van der Waals surface area contributed by atoms with Crippen molar-refractivity contribution in [1.82, 2.24) is 0 Å². The fourth-order valence-electron chi connectivity index (χ4n) is 2.66. The second-order valence-corrected chi connectivity index (χ2v) is 5.19. The zero-order valence-corrected chi connectivity index (χ0v) is 11.9. The van der Waals surface area contributed by atoms with Gasteiger partial charge in [-0.15, -0.1) is 0 Å². The highest BCUT2D eigenvalue weighted by Crippen LogP contribution is 2.46. The lowest BCUT2D eigenvalue weighted by Crippen LogP contribution is -2.40. The van der Waals surface area contributed by atoms with Gasteiger partial charge in [-0.05, 0) is 18.2 Å². The molecule has 0 saturated heterocycles. The lowest BCUT2D eigenvalue weighted by molar-refractivity contribution is -0.202. The molecule has 6 nitrogen and oxygen atoms in total. The third-order valence-electron chi connectivity index (χ3n) is 3.87. The lowest BCUT2D eigenvalue weighted by Gasteiger charge is -2.37. The molecule has 0 spiro atoms. The van der Waals surface area contributed by atoms with Crippen molar-refractivity contribution in [3.8, 4) is 23.0 Å². The Hall–Kier alpha value is -2.44. The van der Waals surface area contributed by atoms with Gasteiger partial charge in [0.25, 0.3) is 0 Å². The molecule has 4 N–H and O–H groups in total. The van der Waals surface area contributed by atoms with Gasteiger partial charge in [-0.1, -0.05) is 6.07 Å². The van der Waals surface area contributed by atoms with Crippen molar-refractivity contribution in [3.05, 3.63) is 47.5 Å². The molecule has 2 aromatic rings. The summed E-state index contributed by atoms with van der Waals surface area (Å²) in [4.78, 5) is 0. The first-order valence-electron chi connectivity index (χ1n) is 6.71. The van der Waals surface area contributed by atoms with Crippen LogP contribution in [0.5, 0.6) is 23.0 Å². The SMILES string of the molecule is COc1ccc(C2COc3cc(O)ccc3C2(O)O)c(O)c1. The second-order valence-electron chi connectivity index (χ2n) is 5.19. The van der Waals surface area contributed by atoms with Gasteiger partial charge in [0.2, 0.25) is 5.79 Å². The average molecular weight is 304 g/mol. The molecule has 0 aliphatic carbocycles. The van der Waals surface area contributed by atoms with E-state index in [0.29, 0.717) is 11.3 Å². The van der Waals surface area contributed by atoms with Gasteiger partial charge in [0.05, 0.1) is 18.6 Å².